The summed E-state index contributed by atoms with van der Waals surface area (Å²) in [6, 6.07) is -3.22. The average Bonchev–Trinajstić information content (AvgIpc) is 3.27. The van der Waals surface area contributed by atoms with Crippen molar-refractivity contribution in [3.05, 3.63) is 0 Å². The SMILES string of the molecule is CC(N)C[C@@H](CCCCNC(=O)CC[C@H](NC(=O)CC[C@H](CC(=O)CC[C@H](NC(=O)CC[C@H](CC(=O)CCCCCCCCCCCCCCCCC(=O)O)C(=O)O)C(=O)O)C(=O)O)C(=O)O)C(N)=O. The molecule has 0 aromatic carbocycles. The number of unbranched alkanes of at least 4 members (excludes halogenated alkanes) is 14. The van der Waals surface area contributed by atoms with Crippen LogP contribution in [0.1, 0.15) is 200 Å². The van der Waals surface area contributed by atoms with E-state index in [0.29, 0.717) is 32.1 Å². The van der Waals surface area contributed by atoms with Crippen LogP contribution in [0.25, 0.3) is 0 Å². The number of Topliss-reactive ketones (excluding diaryl/α,β-unsaturated/α-hetero) is 2. The zero-order chi connectivity index (χ0) is 52.9. The van der Waals surface area contributed by atoms with Gasteiger partial charge in [-0.05, 0) is 64.7 Å². The first-order valence-corrected chi connectivity index (χ1v) is 25.2. The molecule has 4 amide bonds. The largest absolute Gasteiger partial charge is 0.481 e. The van der Waals surface area contributed by atoms with Crippen LogP contribution in [0, 0.1) is 17.8 Å². The second kappa shape index (κ2) is 39.3. The van der Waals surface area contributed by atoms with Crippen LogP contribution < -0.4 is 27.4 Å². The first-order chi connectivity index (χ1) is 33.1. The highest BCUT2D eigenvalue weighted by molar-refractivity contribution is 5.88. The van der Waals surface area contributed by atoms with Gasteiger partial charge in [0.1, 0.15) is 23.7 Å². The van der Waals surface area contributed by atoms with Crippen molar-refractivity contribution in [2.75, 3.05) is 6.54 Å². The smallest absolute Gasteiger partial charge is 0.326 e. The lowest BCUT2D eigenvalue weighted by molar-refractivity contribution is -0.145. The maximum absolute atomic E-state index is 12.7. The molecule has 70 heavy (non-hydrogen) atoms. The Labute approximate surface area is 411 Å². The molecule has 0 saturated carbocycles. The van der Waals surface area contributed by atoms with Crippen LogP contribution in [0.3, 0.4) is 0 Å². The number of nitrogens with one attached hydrogen (secondary N) is 3. The molecule has 0 aliphatic heterocycles. The molecule has 0 spiro atoms. The van der Waals surface area contributed by atoms with Crippen molar-refractivity contribution in [2.24, 2.45) is 29.2 Å². The van der Waals surface area contributed by atoms with Gasteiger partial charge in [0, 0.05) is 69.9 Å². The van der Waals surface area contributed by atoms with Gasteiger partial charge >= 0.3 is 29.8 Å². The van der Waals surface area contributed by atoms with Crippen LogP contribution in [-0.2, 0) is 52.7 Å². The van der Waals surface area contributed by atoms with E-state index in [0.717, 1.165) is 57.8 Å². The monoisotopic (exact) mass is 998 g/mol. The van der Waals surface area contributed by atoms with Gasteiger partial charge < -0.3 is 53.0 Å². The van der Waals surface area contributed by atoms with E-state index in [1.807, 2.05) is 0 Å². The Balaban J connectivity index is 4.59. The van der Waals surface area contributed by atoms with Gasteiger partial charge in [0.25, 0.3) is 0 Å². The van der Waals surface area contributed by atoms with E-state index in [1.54, 1.807) is 6.92 Å². The van der Waals surface area contributed by atoms with Crippen LogP contribution in [-0.4, -0.2) is 115 Å². The predicted octanol–water partition coefficient (Wildman–Crippen LogP) is 5.02. The van der Waals surface area contributed by atoms with E-state index in [9.17, 15) is 73.2 Å². The second-order valence-electron chi connectivity index (χ2n) is 18.6. The van der Waals surface area contributed by atoms with Crippen molar-refractivity contribution in [1.29, 1.82) is 0 Å². The first kappa shape index (κ1) is 64.5. The van der Waals surface area contributed by atoms with Crippen molar-refractivity contribution in [3.63, 3.8) is 0 Å². The summed E-state index contributed by atoms with van der Waals surface area (Å²) >= 11 is 0. The molecule has 21 heteroatoms. The number of carboxylic acid groups (broad SMARTS) is 5. The second-order valence-corrected chi connectivity index (χ2v) is 18.6. The van der Waals surface area contributed by atoms with Crippen LogP contribution in [0.5, 0.6) is 0 Å². The van der Waals surface area contributed by atoms with Crippen molar-refractivity contribution >= 4 is 65.0 Å². The van der Waals surface area contributed by atoms with Crippen molar-refractivity contribution < 1.29 is 78.3 Å². The highest BCUT2D eigenvalue weighted by Gasteiger charge is 2.28. The van der Waals surface area contributed by atoms with Gasteiger partial charge in [-0.2, -0.15) is 0 Å². The molecule has 21 nitrogen and oxygen atoms in total. The van der Waals surface area contributed by atoms with Gasteiger partial charge in [0.15, 0.2) is 0 Å². The van der Waals surface area contributed by atoms with E-state index in [-0.39, 0.29) is 69.2 Å². The maximum Gasteiger partial charge on any atom is 0.326 e. The highest BCUT2D eigenvalue weighted by atomic mass is 16.4. The molecule has 6 atom stereocenters. The molecule has 0 aromatic heterocycles. The lowest BCUT2D eigenvalue weighted by atomic mass is 9.94. The molecule has 0 aliphatic rings. The number of primary amides is 1. The quantitative estimate of drug-likeness (QED) is 0.0358. The molecule has 0 rings (SSSR count). The van der Waals surface area contributed by atoms with Crippen molar-refractivity contribution in [2.45, 2.75) is 218 Å². The average molecular weight is 998 g/mol. The number of hydrogen-bond acceptors (Lipinski definition) is 12. The summed E-state index contributed by atoms with van der Waals surface area (Å²) in [5.41, 5.74) is 11.2. The summed E-state index contributed by atoms with van der Waals surface area (Å²) in [6.45, 7) is 2.03. The van der Waals surface area contributed by atoms with E-state index in [1.165, 1.54) is 25.7 Å². The first-order valence-electron chi connectivity index (χ1n) is 25.2. The number of aliphatic carboxylic acids is 5. The summed E-state index contributed by atoms with van der Waals surface area (Å²) in [5, 5.41) is 54.4. The number of amides is 4. The fraction of sp³-hybridized carbons (Fsp3) is 0.776. The minimum atomic E-state index is -1.56. The molecule has 0 aliphatic carbocycles. The zero-order valence-corrected chi connectivity index (χ0v) is 41.3. The van der Waals surface area contributed by atoms with Crippen LogP contribution in [0.2, 0.25) is 0 Å². The van der Waals surface area contributed by atoms with Crippen molar-refractivity contribution in [3.8, 4) is 0 Å². The lowest BCUT2D eigenvalue weighted by Gasteiger charge is -2.17. The van der Waals surface area contributed by atoms with E-state index in [4.69, 9.17) is 16.6 Å². The standard InChI is InChI=1S/C49H83N5O16/c1-33(50)30-34(45(51)62)18-16-17-29-52-41(57)28-25-40(49(69)70)54-43(59)27-22-36(47(65)66)32-38(56)23-24-39(48(67)68)53-42(58)26-21-35(46(63)64)31-37(55)19-14-12-10-8-6-4-2-3-5-7-9-11-13-15-20-44(60)61/h33-36,39-40H,2-32,50H2,1H3,(H2,51,62)(H,52,57)(H,53,58)(H,54,59)(H,60,61)(H,63,64)(H,65,66)(H,67,68)(H,69,70)/t33?,34-,35-,36-,39+,40+/m1/s1. The normalized spacial score (nSPS) is 13.7. The molecule has 1 unspecified atom stereocenters. The minimum Gasteiger partial charge on any atom is -0.481 e. The minimum absolute atomic E-state index is 0.196. The Morgan fingerprint density at radius 1 is 0.414 bits per heavy atom. The fourth-order valence-electron chi connectivity index (χ4n) is 8.00. The fourth-order valence-corrected chi connectivity index (χ4v) is 8.00. The Hall–Kier alpha value is -5.47. The number of carboxylic acids is 5. The Morgan fingerprint density at radius 3 is 1.19 bits per heavy atom. The molecule has 0 bridgehead atoms. The van der Waals surface area contributed by atoms with E-state index >= 15 is 0 Å². The number of carbonyl (C=O) groups is 11. The highest BCUT2D eigenvalue weighted by Crippen LogP contribution is 2.19. The third-order valence-electron chi connectivity index (χ3n) is 12.2. The summed E-state index contributed by atoms with van der Waals surface area (Å²) in [6.07, 6.45) is 13.2. The van der Waals surface area contributed by atoms with Gasteiger partial charge in [0.2, 0.25) is 23.6 Å². The van der Waals surface area contributed by atoms with Gasteiger partial charge in [-0.3, -0.25) is 43.2 Å². The number of hydrogen-bond donors (Lipinski definition) is 10. The summed E-state index contributed by atoms with van der Waals surface area (Å²) in [4.78, 5) is 132. The Bertz CT molecular complexity index is 1660. The molecular formula is C49H83N5O16. The lowest BCUT2D eigenvalue weighted by Crippen LogP contribution is -2.42. The van der Waals surface area contributed by atoms with Gasteiger partial charge in [-0.15, -0.1) is 0 Å². The van der Waals surface area contributed by atoms with E-state index in [2.05, 4.69) is 16.0 Å². The Kier molecular flexibility index (Phi) is 36.2. The van der Waals surface area contributed by atoms with Gasteiger partial charge in [-0.25, -0.2) is 9.59 Å². The number of carbonyl (C=O) groups excluding carboxylic acids is 6. The van der Waals surface area contributed by atoms with Crippen LogP contribution >= 0.6 is 0 Å². The number of rotatable bonds is 47. The van der Waals surface area contributed by atoms with Gasteiger partial charge in [-0.1, -0.05) is 83.5 Å². The molecule has 0 heterocycles. The van der Waals surface area contributed by atoms with Crippen molar-refractivity contribution in [1.82, 2.24) is 16.0 Å². The molecule has 0 fully saturated rings. The molecule has 12 N–H and O–H groups in total. The van der Waals surface area contributed by atoms with Gasteiger partial charge in [0.05, 0.1) is 11.8 Å². The third kappa shape index (κ3) is 35.6. The van der Waals surface area contributed by atoms with Crippen LogP contribution in [0.4, 0.5) is 0 Å². The molecule has 0 aromatic rings. The maximum atomic E-state index is 12.7. The number of ketones is 2. The number of nitrogens with two attached hydrogens (primary N) is 2. The van der Waals surface area contributed by atoms with E-state index < -0.39 is 115 Å². The predicted molar refractivity (Wildman–Crippen MR) is 257 cm³/mol. The third-order valence-corrected chi connectivity index (χ3v) is 12.2. The Morgan fingerprint density at radius 2 is 0.800 bits per heavy atom. The molecule has 0 saturated heterocycles. The van der Waals surface area contributed by atoms with Crippen LogP contribution in [0.15, 0.2) is 0 Å². The zero-order valence-electron chi connectivity index (χ0n) is 41.3. The summed E-state index contributed by atoms with van der Waals surface area (Å²) in [7, 11) is 0. The summed E-state index contributed by atoms with van der Waals surface area (Å²) in [5.74, 6) is -12.7. The summed E-state index contributed by atoms with van der Waals surface area (Å²) < 4.78 is 0. The molecular weight excluding hydrogens is 915 g/mol. The molecule has 400 valence electrons. The molecule has 0 radical (unpaired) electrons. The topological polar surface area (TPSA) is 377 Å².